The molecular formula is C11H17NO. The summed E-state index contributed by atoms with van der Waals surface area (Å²) < 4.78 is 0. The van der Waals surface area contributed by atoms with Gasteiger partial charge in [0.15, 0.2) is 0 Å². The maximum atomic E-state index is 11.0. The Morgan fingerprint density at radius 3 is 2.69 bits per heavy atom. The predicted octanol–water partition coefficient (Wildman–Crippen LogP) is 1.56. The summed E-state index contributed by atoms with van der Waals surface area (Å²) in [6, 6.07) is 0.291. The minimum absolute atomic E-state index is 0.272. The molecule has 72 valence electrons. The van der Waals surface area contributed by atoms with Gasteiger partial charge in [-0.15, -0.1) is 6.42 Å². The number of rotatable bonds is 1. The normalized spacial score (nSPS) is 33.5. The predicted molar refractivity (Wildman–Crippen MR) is 52.9 cm³/mol. The number of hydrogen-bond acceptors (Lipinski definition) is 1. The molecule has 0 heterocycles. The van der Waals surface area contributed by atoms with Gasteiger partial charge in [-0.25, -0.2) is 0 Å². The van der Waals surface area contributed by atoms with Gasteiger partial charge in [-0.1, -0.05) is 13.8 Å². The highest BCUT2D eigenvalue weighted by Gasteiger charge is 2.25. The number of amides is 1. The number of nitrogens with one attached hydrogen (secondary N) is 1. The zero-order chi connectivity index (χ0) is 9.84. The van der Waals surface area contributed by atoms with Crippen LogP contribution in [0.4, 0.5) is 0 Å². The van der Waals surface area contributed by atoms with Crippen molar-refractivity contribution in [2.75, 3.05) is 0 Å². The lowest BCUT2D eigenvalue weighted by Crippen LogP contribution is -2.41. The summed E-state index contributed by atoms with van der Waals surface area (Å²) in [7, 11) is 0. The number of carbonyl (C=O) groups excluding carboxylic acids is 1. The Kier molecular flexibility index (Phi) is 3.36. The van der Waals surface area contributed by atoms with Gasteiger partial charge in [-0.3, -0.25) is 4.79 Å². The van der Waals surface area contributed by atoms with Crippen LogP contribution in [0.15, 0.2) is 0 Å². The van der Waals surface area contributed by atoms with Crippen molar-refractivity contribution >= 4 is 5.91 Å². The van der Waals surface area contributed by atoms with Crippen molar-refractivity contribution in [2.45, 2.75) is 39.2 Å². The monoisotopic (exact) mass is 179 g/mol. The summed E-state index contributed by atoms with van der Waals surface area (Å²) in [5, 5.41) is 2.86. The first-order chi connectivity index (χ1) is 6.13. The van der Waals surface area contributed by atoms with Crippen LogP contribution in [0.2, 0.25) is 0 Å². The minimum Gasteiger partial charge on any atom is -0.342 e. The molecule has 0 aromatic heterocycles. The zero-order valence-corrected chi connectivity index (χ0v) is 8.34. The molecular weight excluding hydrogens is 162 g/mol. The van der Waals surface area contributed by atoms with Gasteiger partial charge >= 0.3 is 0 Å². The largest absolute Gasteiger partial charge is 0.342 e. The van der Waals surface area contributed by atoms with Crippen LogP contribution in [0, 0.1) is 24.2 Å². The third-order valence-corrected chi connectivity index (χ3v) is 2.88. The Morgan fingerprint density at radius 2 is 2.15 bits per heavy atom. The van der Waals surface area contributed by atoms with Crippen molar-refractivity contribution in [3.8, 4) is 12.3 Å². The minimum atomic E-state index is -0.272. The van der Waals surface area contributed by atoms with Crippen LogP contribution in [-0.2, 0) is 4.79 Å². The van der Waals surface area contributed by atoms with Gasteiger partial charge in [-0.2, -0.15) is 0 Å². The van der Waals surface area contributed by atoms with E-state index in [-0.39, 0.29) is 5.91 Å². The van der Waals surface area contributed by atoms with Crippen LogP contribution in [0.1, 0.15) is 33.1 Å². The van der Waals surface area contributed by atoms with Gasteiger partial charge in [0.25, 0.3) is 5.91 Å². The average Bonchev–Trinajstić information content (AvgIpc) is 2.09. The molecule has 1 rings (SSSR count). The Morgan fingerprint density at radius 1 is 1.46 bits per heavy atom. The molecule has 1 aliphatic carbocycles. The highest BCUT2D eigenvalue weighted by Crippen LogP contribution is 2.28. The average molecular weight is 179 g/mol. The molecule has 0 aromatic rings. The van der Waals surface area contributed by atoms with Crippen molar-refractivity contribution in [3.05, 3.63) is 0 Å². The molecule has 1 fully saturated rings. The second-order valence-electron chi connectivity index (χ2n) is 4.12. The van der Waals surface area contributed by atoms with Crippen molar-refractivity contribution in [2.24, 2.45) is 11.8 Å². The van der Waals surface area contributed by atoms with E-state index in [1.807, 2.05) is 0 Å². The molecule has 1 aliphatic rings. The fourth-order valence-electron chi connectivity index (χ4n) is 2.09. The highest BCUT2D eigenvalue weighted by molar-refractivity contribution is 5.93. The van der Waals surface area contributed by atoms with E-state index in [0.717, 1.165) is 12.3 Å². The molecule has 13 heavy (non-hydrogen) atoms. The van der Waals surface area contributed by atoms with Gasteiger partial charge < -0.3 is 5.32 Å². The van der Waals surface area contributed by atoms with Crippen LogP contribution in [0.25, 0.3) is 0 Å². The summed E-state index contributed by atoms with van der Waals surface area (Å²) in [5.41, 5.74) is 0. The SMILES string of the molecule is C#CC(=O)NC1CCC(C)CC1C. The molecule has 0 spiro atoms. The molecule has 3 unspecified atom stereocenters. The topological polar surface area (TPSA) is 29.1 Å². The van der Waals surface area contributed by atoms with Crippen molar-refractivity contribution in [1.29, 1.82) is 0 Å². The van der Waals surface area contributed by atoms with Crippen LogP contribution in [-0.4, -0.2) is 11.9 Å². The van der Waals surface area contributed by atoms with Crippen LogP contribution < -0.4 is 5.32 Å². The van der Waals surface area contributed by atoms with Gasteiger partial charge in [0.1, 0.15) is 0 Å². The molecule has 3 atom stereocenters. The molecule has 2 heteroatoms. The first-order valence-corrected chi connectivity index (χ1v) is 4.90. The van der Waals surface area contributed by atoms with Crippen molar-refractivity contribution < 1.29 is 4.79 Å². The van der Waals surface area contributed by atoms with Crippen molar-refractivity contribution in [1.82, 2.24) is 5.32 Å². The van der Waals surface area contributed by atoms with Gasteiger partial charge in [-0.05, 0) is 37.0 Å². The summed E-state index contributed by atoms with van der Waals surface area (Å²) in [6.45, 7) is 4.44. The number of hydrogen-bond donors (Lipinski definition) is 1. The second kappa shape index (κ2) is 4.32. The third kappa shape index (κ3) is 2.77. The fourth-order valence-corrected chi connectivity index (χ4v) is 2.09. The lowest BCUT2D eigenvalue weighted by Gasteiger charge is -2.32. The molecule has 0 aromatic carbocycles. The van der Waals surface area contributed by atoms with Crippen LogP contribution in [0.5, 0.6) is 0 Å². The Labute approximate surface area is 80.1 Å². The van der Waals surface area contributed by atoms with Gasteiger partial charge in [0.2, 0.25) is 0 Å². The molecule has 0 saturated heterocycles. The molecule has 0 radical (unpaired) electrons. The number of terminal acetylenes is 1. The molecule has 2 nitrogen and oxygen atoms in total. The highest BCUT2D eigenvalue weighted by atomic mass is 16.1. The van der Waals surface area contributed by atoms with E-state index in [9.17, 15) is 4.79 Å². The standard InChI is InChI=1S/C11H17NO/c1-4-11(13)12-10-6-5-8(2)7-9(10)3/h1,8-10H,5-7H2,2-3H3,(H,12,13). The lowest BCUT2D eigenvalue weighted by atomic mass is 9.80. The van der Waals surface area contributed by atoms with E-state index in [0.29, 0.717) is 12.0 Å². The fraction of sp³-hybridized carbons (Fsp3) is 0.727. The first-order valence-electron chi connectivity index (χ1n) is 4.90. The lowest BCUT2D eigenvalue weighted by molar-refractivity contribution is -0.117. The maximum absolute atomic E-state index is 11.0. The molecule has 0 bridgehead atoms. The van der Waals surface area contributed by atoms with E-state index in [1.165, 1.54) is 12.8 Å². The third-order valence-electron chi connectivity index (χ3n) is 2.88. The summed E-state index contributed by atoms with van der Waals surface area (Å²) in [5.74, 6) is 3.16. The number of carbonyl (C=O) groups is 1. The Bertz CT molecular complexity index is 229. The van der Waals surface area contributed by atoms with Gasteiger partial charge in [0.05, 0.1) is 0 Å². The quantitative estimate of drug-likeness (QED) is 0.608. The Balaban J connectivity index is 2.43. The van der Waals surface area contributed by atoms with Crippen LogP contribution >= 0.6 is 0 Å². The van der Waals surface area contributed by atoms with E-state index in [2.05, 4.69) is 25.1 Å². The smallest absolute Gasteiger partial charge is 0.295 e. The molecule has 1 N–H and O–H groups in total. The van der Waals surface area contributed by atoms with E-state index in [1.54, 1.807) is 0 Å². The maximum Gasteiger partial charge on any atom is 0.295 e. The summed E-state index contributed by atoms with van der Waals surface area (Å²) >= 11 is 0. The molecule has 1 saturated carbocycles. The Hall–Kier alpha value is -0.970. The molecule has 1 amide bonds. The van der Waals surface area contributed by atoms with E-state index in [4.69, 9.17) is 6.42 Å². The first kappa shape index (κ1) is 10.1. The summed E-state index contributed by atoms with van der Waals surface area (Å²) in [6.07, 6.45) is 8.45. The zero-order valence-electron chi connectivity index (χ0n) is 8.34. The second-order valence-corrected chi connectivity index (χ2v) is 4.12. The van der Waals surface area contributed by atoms with E-state index >= 15 is 0 Å². The van der Waals surface area contributed by atoms with Gasteiger partial charge in [0, 0.05) is 6.04 Å². The van der Waals surface area contributed by atoms with E-state index < -0.39 is 0 Å². The summed E-state index contributed by atoms with van der Waals surface area (Å²) in [4.78, 5) is 11.0. The van der Waals surface area contributed by atoms with Crippen molar-refractivity contribution in [3.63, 3.8) is 0 Å². The van der Waals surface area contributed by atoms with Crippen LogP contribution in [0.3, 0.4) is 0 Å². The molecule has 0 aliphatic heterocycles.